The van der Waals surface area contributed by atoms with E-state index in [1.807, 2.05) is 0 Å². The Kier molecular flexibility index (Phi) is 8.90. The number of benzene rings is 4. The Morgan fingerprint density at radius 3 is 0.750 bits per heavy atom. The van der Waals surface area contributed by atoms with Gasteiger partial charge >= 0.3 is 0 Å². The van der Waals surface area contributed by atoms with Crippen molar-refractivity contribution in [2.24, 2.45) is 0 Å². The minimum atomic E-state index is -0.754. The summed E-state index contributed by atoms with van der Waals surface area (Å²) in [6, 6.07) is 27.7. The van der Waals surface area contributed by atoms with Gasteiger partial charge in [-0.25, -0.2) is 0 Å². The first kappa shape index (κ1) is 28.4. The molecule has 5 rings (SSSR count). The molecule has 0 amide bonds. The van der Waals surface area contributed by atoms with Gasteiger partial charge in [0.2, 0.25) is 23.0 Å². The molecule has 0 N–H and O–H groups in total. The highest BCUT2D eigenvalue weighted by atomic mass is 79.9. The van der Waals surface area contributed by atoms with Crippen molar-refractivity contribution in [2.45, 2.75) is 0 Å². The van der Waals surface area contributed by atoms with E-state index in [2.05, 4.69) is 63.7 Å². The summed E-state index contributed by atoms with van der Waals surface area (Å²) in [5, 5.41) is 0. The fraction of sp³-hybridized carbons (Fsp3) is 0. The van der Waals surface area contributed by atoms with Gasteiger partial charge < -0.3 is 18.9 Å². The molecule has 10 heteroatoms. The lowest BCUT2D eigenvalue weighted by molar-refractivity contribution is -0.122. The quantitative estimate of drug-likeness (QED) is 0.166. The van der Waals surface area contributed by atoms with Crippen molar-refractivity contribution in [3.05, 3.63) is 138 Å². The molecule has 1 aliphatic rings. The van der Waals surface area contributed by atoms with Crippen LogP contribution in [-0.2, 0) is 9.59 Å². The number of carbonyl (C=O) groups excluding carboxylic acids is 2. The molecule has 0 radical (unpaired) electrons. The van der Waals surface area contributed by atoms with Crippen LogP contribution >= 0.6 is 63.7 Å². The minimum absolute atomic E-state index is 0.294. The maximum absolute atomic E-state index is 14.1. The van der Waals surface area contributed by atoms with E-state index in [4.69, 9.17) is 18.9 Å². The Labute approximate surface area is 263 Å². The zero-order valence-corrected chi connectivity index (χ0v) is 26.5. The van der Waals surface area contributed by atoms with E-state index >= 15 is 0 Å². The standard InChI is InChI=1S/C30H16Br4O6/c31-17-9-1-5-13-21(17)37-27-25(35)29(39-23-15-7-3-11-19(23)33)30(40-24-16-8-4-12-20(24)34)26(36)28(27)38-22-14-6-2-10-18(22)32/h1-16H. The molecular formula is C30H16Br4O6. The monoisotopic (exact) mass is 788 g/mol. The third-order valence-electron chi connectivity index (χ3n) is 5.43. The summed E-state index contributed by atoms with van der Waals surface area (Å²) in [6.07, 6.45) is 0. The normalized spacial score (nSPS) is 13.4. The number of hydrogen-bond donors (Lipinski definition) is 0. The van der Waals surface area contributed by atoms with Gasteiger partial charge in [0.1, 0.15) is 23.0 Å². The van der Waals surface area contributed by atoms with E-state index in [9.17, 15) is 9.59 Å². The highest BCUT2D eigenvalue weighted by Gasteiger charge is 2.42. The molecule has 4 aromatic carbocycles. The zero-order valence-electron chi connectivity index (χ0n) is 20.2. The molecule has 200 valence electrons. The van der Waals surface area contributed by atoms with Crippen LogP contribution in [0.5, 0.6) is 23.0 Å². The van der Waals surface area contributed by atoms with Gasteiger partial charge in [-0.15, -0.1) is 0 Å². The van der Waals surface area contributed by atoms with Gasteiger partial charge in [-0.3, -0.25) is 9.59 Å². The summed E-state index contributed by atoms with van der Waals surface area (Å²) in [5.74, 6) is -1.80. The van der Waals surface area contributed by atoms with Crippen molar-refractivity contribution < 1.29 is 28.5 Å². The number of carbonyl (C=O) groups is 2. The molecule has 0 unspecified atom stereocenters. The van der Waals surface area contributed by atoms with Crippen LogP contribution in [0.2, 0.25) is 0 Å². The van der Waals surface area contributed by atoms with Gasteiger partial charge in [0, 0.05) is 0 Å². The van der Waals surface area contributed by atoms with Gasteiger partial charge in [-0.1, -0.05) is 48.5 Å². The van der Waals surface area contributed by atoms with Crippen molar-refractivity contribution in [3.8, 4) is 23.0 Å². The van der Waals surface area contributed by atoms with E-state index in [-0.39, 0.29) is 23.0 Å². The molecule has 0 saturated carbocycles. The Balaban J connectivity index is 1.68. The van der Waals surface area contributed by atoms with Crippen LogP contribution in [0, 0.1) is 0 Å². The second-order valence-corrected chi connectivity index (χ2v) is 11.5. The van der Waals surface area contributed by atoms with Crippen molar-refractivity contribution in [1.82, 2.24) is 0 Å². The predicted molar refractivity (Wildman–Crippen MR) is 163 cm³/mol. The Morgan fingerprint density at radius 2 is 0.550 bits per heavy atom. The van der Waals surface area contributed by atoms with Crippen molar-refractivity contribution in [3.63, 3.8) is 0 Å². The summed E-state index contributed by atoms with van der Waals surface area (Å²) in [4.78, 5) is 28.3. The van der Waals surface area contributed by atoms with Crippen LogP contribution in [0.3, 0.4) is 0 Å². The average molecular weight is 792 g/mol. The van der Waals surface area contributed by atoms with Crippen LogP contribution < -0.4 is 18.9 Å². The van der Waals surface area contributed by atoms with Crippen LogP contribution in [0.15, 0.2) is 138 Å². The molecule has 1 aliphatic carbocycles. The first-order valence-electron chi connectivity index (χ1n) is 11.6. The number of rotatable bonds is 8. The summed E-state index contributed by atoms with van der Waals surface area (Å²) in [6.45, 7) is 0. The maximum Gasteiger partial charge on any atom is 0.271 e. The Hall–Kier alpha value is -3.18. The summed E-state index contributed by atoms with van der Waals surface area (Å²) in [5.41, 5.74) is 0. The van der Waals surface area contributed by atoms with Crippen LogP contribution in [0.25, 0.3) is 0 Å². The van der Waals surface area contributed by atoms with Gasteiger partial charge in [-0.05, 0) is 112 Å². The second kappa shape index (κ2) is 12.6. The van der Waals surface area contributed by atoms with E-state index in [1.54, 1.807) is 97.1 Å². The average Bonchev–Trinajstić information content (AvgIpc) is 2.95. The molecule has 40 heavy (non-hydrogen) atoms. The van der Waals surface area contributed by atoms with Crippen LogP contribution in [-0.4, -0.2) is 11.6 Å². The van der Waals surface area contributed by atoms with E-state index in [1.165, 1.54) is 0 Å². The number of Topliss-reactive ketones (excluding diaryl/α,β-unsaturated/α-hetero) is 2. The van der Waals surface area contributed by atoms with Crippen molar-refractivity contribution in [1.29, 1.82) is 0 Å². The zero-order chi connectivity index (χ0) is 28.2. The first-order valence-corrected chi connectivity index (χ1v) is 14.8. The van der Waals surface area contributed by atoms with Crippen molar-refractivity contribution >= 4 is 75.3 Å². The van der Waals surface area contributed by atoms with Crippen LogP contribution in [0.4, 0.5) is 0 Å². The molecule has 0 spiro atoms. The molecule has 0 fully saturated rings. The number of halogens is 4. The number of para-hydroxylation sites is 4. The molecule has 0 bridgehead atoms. The van der Waals surface area contributed by atoms with Crippen LogP contribution in [0.1, 0.15) is 0 Å². The second-order valence-electron chi connectivity index (χ2n) is 8.10. The number of ether oxygens (including phenoxy) is 4. The highest BCUT2D eigenvalue weighted by molar-refractivity contribution is 9.11. The number of hydrogen-bond acceptors (Lipinski definition) is 6. The van der Waals surface area contributed by atoms with Gasteiger partial charge in [0.05, 0.1) is 17.9 Å². The lowest BCUT2D eigenvalue weighted by Gasteiger charge is -2.24. The molecule has 0 atom stereocenters. The minimum Gasteiger partial charge on any atom is -0.448 e. The molecule has 6 nitrogen and oxygen atoms in total. The Bertz CT molecular complexity index is 1450. The topological polar surface area (TPSA) is 71.1 Å². The van der Waals surface area contributed by atoms with Gasteiger partial charge in [-0.2, -0.15) is 0 Å². The highest BCUT2D eigenvalue weighted by Crippen LogP contribution is 2.37. The third kappa shape index (κ3) is 6.10. The predicted octanol–water partition coefficient (Wildman–Crippen LogP) is 8.93. The SMILES string of the molecule is O=C1C(Oc2ccccc2Br)=C(Oc2ccccc2Br)C(=O)C(Oc2ccccc2Br)=C1Oc1ccccc1Br. The molecule has 0 saturated heterocycles. The van der Waals surface area contributed by atoms with Crippen molar-refractivity contribution in [2.75, 3.05) is 0 Å². The largest absolute Gasteiger partial charge is 0.448 e. The van der Waals surface area contributed by atoms with Gasteiger partial charge in [0.15, 0.2) is 0 Å². The molecule has 0 aromatic heterocycles. The maximum atomic E-state index is 14.1. The summed E-state index contributed by atoms with van der Waals surface area (Å²) in [7, 11) is 0. The molecule has 0 heterocycles. The van der Waals surface area contributed by atoms with E-state index in [0.717, 1.165) is 0 Å². The number of ketones is 2. The lowest BCUT2D eigenvalue weighted by Crippen LogP contribution is -2.33. The first-order chi connectivity index (χ1) is 19.3. The fourth-order valence-electron chi connectivity index (χ4n) is 3.54. The Morgan fingerprint density at radius 1 is 0.350 bits per heavy atom. The molecule has 0 aliphatic heterocycles. The van der Waals surface area contributed by atoms with E-state index < -0.39 is 11.6 Å². The van der Waals surface area contributed by atoms with Gasteiger partial charge in [0.25, 0.3) is 11.6 Å². The third-order valence-corrected chi connectivity index (χ3v) is 8.05. The lowest BCUT2D eigenvalue weighted by atomic mass is 10.0. The summed E-state index contributed by atoms with van der Waals surface area (Å²) < 4.78 is 26.4. The van der Waals surface area contributed by atoms with E-state index in [0.29, 0.717) is 40.9 Å². The summed E-state index contributed by atoms with van der Waals surface area (Å²) >= 11 is 13.7. The fourth-order valence-corrected chi connectivity index (χ4v) is 5.00. The molecule has 4 aromatic rings. The molecular weight excluding hydrogens is 776 g/mol. The smallest absolute Gasteiger partial charge is 0.271 e.